The van der Waals surface area contributed by atoms with E-state index in [2.05, 4.69) is 0 Å². The fraction of sp³-hybridized carbons (Fsp3) is 0.118. The van der Waals surface area contributed by atoms with Gasteiger partial charge in [-0.25, -0.2) is 4.79 Å². The number of halogens is 1. The minimum atomic E-state index is -0.700. The Morgan fingerprint density at radius 1 is 1.04 bits per heavy atom. The molecule has 1 aromatic heterocycles. The van der Waals surface area contributed by atoms with Crippen LogP contribution in [0.25, 0.3) is 10.8 Å². The van der Waals surface area contributed by atoms with Crippen LogP contribution >= 0.6 is 11.6 Å². The van der Waals surface area contributed by atoms with Gasteiger partial charge in [-0.1, -0.05) is 35.9 Å². The molecule has 0 atom stereocenters. The molecule has 120 valence electrons. The molecular formula is C17H12ClN3O3. The van der Waals surface area contributed by atoms with Crippen molar-refractivity contribution in [2.75, 3.05) is 0 Å². The summed E-state index contributed by atoms with van der Waals surface area (Å²) in [4.78, 5) is 24.2. The molecule has 0 spiro atoms. The van der Waals surface area contributed by atoms with Crippen molar-refractivity contribution >= 4 is 22.4 Å². The van der Waals surface area contributed by atoms with Crippen molar-refractivity contribution in [3.63, 3.8) is 0 Å². The molecule has 24 heavy (non-hydrogen) atoms. The van der Waals surface area contributed by atoms with Crippen LogP contribution in [0.3, 0.4) is 0 Å². The van der Waals surface area contributed by atoms with Crippen LogP contribution in [0.15, 0.2) is 46.0 Å². The minimum absolute atomic E-state index is 0.0990. The monoisotopic (exact) mass is 341 g/mol. The van der Waals surface area contributed by atoms with Crippen LogP contribution in [0.2, 0.25) is 5.02 Å². The fourth-order valence-electron chi connectivity index (χ4n) is 2.47. The average Bonchev–Trinajstić information content (AvgIpc) is 2.60. The van der Waals surface area contributed by atoms with Crippen LogP contribution in [-0.2, 0) is 14.1 Å². The second-order valence-corrected chi connectivity index (χ2v) is 5.60. The van der Waals surface area contributed by atoms with Crippen molar-refractivity contribution in [2.24, 2.45) is 14.1 Å². The van der Waals surface area contributed by atoms with Crippen LogP contribution in [-0.4, -0.2) is 9.13 Å². The maximum atomic E-state index is 12.1. The highest BCUT2D eigenvalue weighted by molar-refractivity contribution is 6.35. The van der Waals surface area contributed by atoms with Crippen LogP contribution < -0.4 is 16.0 Å². The molecular weight excluding hydrogens is 330 g/mol. The number of rotatable bonds is 2. The lowest BCUT2D eigenvalue weighted by Gasteiger charge is -2.14. The quantitative estimate of drug-likeness (QED) is 0.717. The molecule has 0 aliphatic rings. The maximum Gasteiger partial charge on any atom is 0.333 e. The summed E-state index contributed by atoms with van der Waals surface area (Å²) in [5.74, 6) is 0.299. The van der Waals surface area contributed by atoms with E-state index in [1.807, 2.05) is 30.3 Å². The summed E-state index contributed by atoms with van der Waals surface area (Å²) < 4.78 is 7.78. The average molecular weight is 342 g/mol. The fourth-order valence-corrected chi connectivity index (χ4v) is 2.70. The molecule has 0 unspecified atom stereocenters. The van der Waals surface area contributed by atoms with Gasteiger partial charge in [0, 0.05) is 29.9 Å². The second-order valence-electron chi connectivity index (χ2n) is 5.19. The predicted octanol–water partition coefficient (Wildman–Crippen LogP) is 2.55. The summed E-state index contributed by atoms with van der Waals surface area (Å²) in [6.07, 6.45) is 0. The number of nitrogens with zero attached hydrogens (tertiary/aromatic N) is 3. The zero-order valence-electron chi connectivity index (χ0n) is 12.9. The van der Waals surface area contributed by atoms with Crippen LogP contribution in [0.4, 0.5) is 0 Å². The maximum absolute atomic E-state index is 12.1. The third kappa shape index (κ3) is 2.36. The number of nitriles is 1. The lowest BCUT2D eigenvalue weighted by Crippen LogP contribution is -2.38. The van der Waals surface area contributed by atoms with Gasteiger partial charge >= 0.3 is 5.69 Å². The number of hydrogen-bond donors (Lipinski definition) is 0. The van der Waals surface area contributed by atoms with Crippen molar-refractivity contribution in [3.05, 3.63) is 67.8 Å². The molecule has 0 aliphatic heterocycles. The molecule has 1 heterocycles. The minimum Gasteiger partial charge on any atom is -0.438 e. The lowest BCUT2D eigenvalue weighted by atomic mass is 10.1. The zero-order chi connectivity index (χ0) is 17.4. The largest absolute Gasteiger partial charge is 0.438 e. The third-order valence-corrected chi connectivity index (χ3v) is 4.09. The van der Waals surface area contributed by atoms with Gasteiger partial charge in [-0.2, -0.15) is 5.26 Å². The number of hydrogen-bond acceptors (Lipinski definition) is 4. The van der Waals surface area contributed by atoms with E-state index < -0.39 is 11.2 Å². The Hall–Kier alpha value is -3.04. The van der Waals surface area contributed by atoms with E-state index in [4.69, 9.17) is 16.3 Å². The van der Waals surface area contributed by atoms with Crippen LogP contribution in [0, 0.1) is 11.3 Å². The number of ether oxygens (including phenoxy) is 1. The van der Waals surface area contributed by atoms with E-state index in [1.165, 1.54) is 14.1 Å². The molecule has 0 radical (unpaired) electrons. The van der Waals surface area contributed by atoms with Gasteiger partial charge in [0.15, 0.2) is 5.56 Å². The summed E-state index contributed by atoms with van der Waals surface area (Å²) in [6.45, 7) is 0. The van der Waals surface area contributed by atoms with Crippen molar-refractivity contribution in [1.29, 1.82) is 5.26 Å². The Kier molecular flexibility index (Phi) is 3.87. The molecule has 3 rings (SSSR count). The van der Waals surface area contributed by atoms with Gasteiger partial charge in [-0.3, -0.25) is 13.9 Å². The molecule has 3 aromatic rings. The first-order valence-corrected chi connectivity index (χ1v) is 7.38. The first-order chi connectivity index (χ1) is 11.5. The van der Waals surface area contributed by atoms with E-state index in [0.29, 0.717) is 16.2 Å². The molecule has 6 nitrogen and oxygen atoms in total. The van der Waals surface area contributed by atoms with Crippen molar-refractivity contribution in [2.45, 2.75) is 0 Å². The number of aromatic nitrogens is 2. The van der Waals surface area contributed by atoms with Crippen LogP contribution in [0.1, 0.15) is 5.56 Å². The normalized spacial score (nSPS) is 10.6. The van der Waals surface area contributed by atoms with Gasteiger partial charge in [0.25, 0.3) is 5.56 Å². The third-order valence-electron chi connectivity index (χ3n) is 3.76. The first kappa shape index (κ1) is 15.8. The molecule has 0 N–H and O–H groups in total. The Labute approximate surface area is 141 Å². The standard InChI is InChI=1S/C17H12ClN3O3/c1-20-15(22)12(9-19)16(21(2)17(20)23)24-14-8-7-13(18)10-5-3-4-6-11(10)14/h3-8H,1-2H3. The van der Waals surface area contributed by atoms with E-state index in [0.717, 1.165) is 14.5 Å². The van der Waals surface area contributed by atoms with E-state index in [9.17, 15) is 14.9 Å². The molecule has 0 amide bonds. The zero-order valence-corrected chi connectivity index (χ0v) is 13.7. The molecule has 0 saturated heterocycles. The number of fused-ring (bicyclic) bond motifs is 1. The molecule has 0 aliphatic carbocycles. The summed E-state index contributed by atoms with van der Waals surface area (Å²) in [6, 6.07) is 12.4. The highest BCUT2D eigenvalue weighted by Gasteiger charge is 2.18. The number of benzene rings is 2. The Bertz CT molecular complexity index is 1120. The summed E-state index contributed by atoms with van der Waals surface area (Å²) in [5.41, 5.74) is -1.51. The predicted molar refractivity (Wildman–Crippen MR) is 90.7 cm³/mol. The van der Waals surface area contributed by atoms with E-state index in [1.54, 1.807) is 12.1 Å². The SMILES string of the molecule is Cn1c(Oc2ccc(Cl)c3ccccc23)c(C#N)c(=O)n(C)c1=O. The molecule has 0 saturated carbocycles. The van der Waals surface area contributed by atoms with Crippen molar-refractivity contribution in [3.8, 4) is 17.7 Å². The van der Waals surface area contributed by atoms with Crippen molar-refractivity contribution < 1.29 is 4.74 Å². The highest BCUT2D eigenvalue weighted by Crippen LogP contribution is 2.34. The molecule has 0 fully saturated rings. The topological polar surface area (TPSA) is 77.0 Å². The Balaban J connectivity index is 2.28. The van der Waals surface area contributed by atoms with Gasteiger partial charge in [0.1, 0.15) is 11.8 Å². The molecule has 2 aromatic carbocycles. The summed E-state index contributed by atoms with van der Waals surface area (Å²) in [5, 5.41) is 11.3. The first-order valence-electron chi connectivity index (χ1n) is 7.01. The molecule has 7 heteroatoms. The van der Waals surface area contributed by atoms with E-state index in [-0.39, 0.29) is 11.4 Å². The van der Waals surface area contributed by atoms with Gasteiger partial charge in [-0.05, 0) is 12.1 Å². The Morgan fingerprint density at radius 3 is 2.38 bits per heavy atom. The van der Waals surface area contributed by atoms with E-state index >= 15 is 0 Å². The van der Waals surface area contributed by atoms with Gasteiger partial charge in [0.05, 0.1) is 0 Å². The van der Waals surface area contributed by atoms with Gasteiger partial charge < -0.3 is 4.74 Å². The Morgan fingerprint density at radius 2 is 1.71 bits per heavy atom. The lowest BCUT2D eigenvalue weighted by molar-refractivity contribution is 0.425. The van der Waals surface area contributed by atoms with Crippen molar-refractivity contribution in [1.82, 2.24) is 9.13 Å². The summed E-state index contributed by atoms with van der Waals surface area (Å²) >= 11 is 6.18. The summed E-state index contributed by atoms with van der Waals surface area (Å²) in [7, 11) is 2.75. The van der Waals surface area contributed by atoms with Crippen LogP contribution in [0.5, 0.6) is 11.6 Å². The molecule has 0 bridgehead atoms. The smallest absolute Gasteiger partial charge is 0.333 e. The highest BCUT2D eigenvalue weighted by atomic mass is 35.5. The van der Waals surface area contributed by atoms with Gasteiger partial charge in [0.2, 0.25) is 5.88 Å². The van der Waals surface area contributed by atoms with Gasteiger partial charge in [-0.15, -0.1) is 0 Å². The second kappa shape index (κ2) is 5.87.